The Morgan fingerprint density at radius 1 is 1.23 bits per heavy atom. The standard InChI is InChI=1S/C10H9FN2/c11-8-3-1-2-7(6-8)9-4-5-10(12)13-9/h1-6,13H,12H2/p+1. The molecule has 1 heterocycles. The molecule has 3 heteroatoms. The lowest BCUT2D eigenvalue weighted by atomic mass is 10.1. The van der Waals surface area contributed by atoms with Crippen molar-refractivity contribution in [2.45, 2.75) is 0 Å². The first kappa shape index (κ1) is 8.01. The highest BCUT2D eigenvalue weighted by Gasteiger charge is 2.12. The van der Waals surface area contributed by atoms with Gasteiger partial charge in [-0.3, -0.25) is 5.32 Å². The lowest BCUT2D eigenvalue weighted by Gasteiger charge is -1.99. The normalized spacial score (nSPS) is 15.5. The van der Waals surface area contributed by atoms with Crippen LogP contribution in [0.4, 0.5) is 4.39 Å². The Morgan fingerprint density at radius 3 is 2.69 bits per heavy atom. The molecule has 0 bridgehead atoms. The second-order valence-electron chi connectivity index (χ2n) is 2.94. The van der Waals surface area contributed by atoms with E-state index in [2.05, 4.69) is 0 Å². The van der Waals surface area contributed by atoms with E-state index in [1.165, 1.54) is 12.1 Å². The van der Waals surface area contributed by atoms with E-state index in [0.29, 0.717) is 5.82 Å². The van der Waals surface area contributed by atoms with Crippen molar-refractivity contribution in [1.29, 1.82) is 0 Å². The molecule has 0 amide bonds. The molecule has 2 rings (SSSR count). The molecule has 0 saturated heterocycles. The number of allylic oxidation sites excluding steroid dienone is 2. The molecule has 0 radical (unpaired) electrons. The van der Waals surface area contributed by atoms with Gasteiger partial charge in [0.2, 0.25) is 5.82 Å². The van der Waals surface area contributed by atoms with E-state index >= 15 is 0 Å². The van der Waals surface area contributed by atoms with Crippen LogP contribution in [-0.2, 0) is 0 Å². The van der Waals surface area contributed by atoms with Gasteiger partial charge in [0.15, 0.2) is 0 Å². The number of benzene rings is 1. The molecule has 66 valence electrons. The average Bonchev–Trinajstić information content (AvgIpc) is 2.52. The predicted molar refractivity (Wildman–Crippen MR) is 48.6 cm³/mol. The third-order valence-electron chi connectivity index (χ3n) is 1.94. The summed E-state index contributed by atoms with van der Waals surface area (Å²) in [6, 6.07) is 6.47. The Labute approximate surface area is 75.6 Å². The third-order valence-corrected chi connectivity index (χ3v) is 1.94. The van der Waals surface area contributed by atoms with Crippen LogP contribution in [-0.4, -0.2) is 0 Å². The lowest BCUT2D eigenvalue weighted by molar-refractivity contribution is -0.506. The highest BCUT2D eigenvalue weighted by atomic mass is 19.1. The highest BCUT2D eigenvalue weighted by molar-refractivity contribution is 5.61. The van der Waals surface area contributed by atoms with Crippen LogP contribution in [0.3, 0.4) is 0 Å². The van der Waals surface area contributed by atoms with Gasteiger partial charge in [0.1, 0.15) is 11.5 Å². The summed E-state index contributed by atoms with van der Waals surface area (Å²) in [5.74, 6) is 0.483. The van der Waals surface area contributed by atoms with Crippen molar-refractivity contribution in [3.8, 4) is 0 Å². The zero-order valence-electron chi connectivity index (χ0n) is 7.00. The summed E-state index contributed by atoms with van der Waals surface area (Å²) in [6.45, 7) is 0. The molecule has 0 saturated carbocycles. The molecule has 4 N–H and O–H groups in total. The first-order valence-corrected chi connectivity index (χ1v) is 4.04. The van der Waals surface area contributed by atoms with Gasteiger partial charge in [0, 0.05) is 17.7 Å². The highest BCUT2D eigenvalue weighted by Crippen LogP contribution is 2.11. The summed E-state index contributed by atoms with van der Waals surface area (Å²) >= 11 is 0. The lowest BCUT2D eigenvalue weighted by Crippen LogP contribution is -2.79. The fourth-order valence-electron chi connectivity index (χ4n) is 1.31. The van der Waals surface area contributed by atoms with Crippen LogP contribution in [0.2, 0.25) is 0 Å². The second-order valence-corrected chi connectivity index (χ2v) is 2.94. The minimum Gasteiger partial charge on any atom is -0.355 e. The quantitative estimate of drug-likeness (QED) is 0.646. The fourth-order valence-corrected chi connectivity index (χ4v) is 1.31. The number of hydrogen-bond donors (Lipinski definition) is 2. The number of halogens is 1. The summed E-state index contributed by atoms with van der Waals surface area (Å²) in [7, 11) is 0. The number of quaternary nitrogens is 1. The average molecular weight is 177 g/mol. The van der Waals surface area contributed by atoms with Crippen LogP contribution in [0.15, 0.2) is 42.2 Å². The molecule has 0 aromatic heterocycles. The summed E-state index contributed by atoms with van der Waals surface area (Å²) in [4.78, 5) is 0. The van der Waals surface area contributed by atoms with Gasteiger partial charge in [0.25, 0.3) is 0 Å². The van der Waals surface area contributed by atoms with Crippen LogP contribution >= 0.6 is 0 Å². The minimum atomic E-state index is -0.225. The van der Waals surface area contributed by atoms with E-state index in [1.54, 1.807) is 12.1 Å². The Bertz CT molecular complexity index is 394. The van der Waals surface area contributed by atoms with Crippen LogP contribution in [0, 0.1) is 5.82 Å². The monoisotopic (exact) mass is 177 g/mol. The van der Waals surface area contributed by atoms with E-state index in [4.69, 9.17) is 5.73 Å². The van der Waals surface area contributed by atoms with Crippen molar-refractivity contribution < 1.29 is 9.71 Å². The Balaban J connectivity index is 2.29. The summed E-state index contributed by atoms with van der Waals surface area (Å²) in [6.07, 6.45) is 3.68. The van der Waals surface area contributed by atoms with Crippen molar-refractivity contribution in [3.05, 3.63) is 53.6 Å². The van der Waals surface area contributed by atoms with E-state index < -0.39 is 0 Å². The predicted octanol–water partition coefficient (Wildman–Crippen LogP) is 0.544. The van der Waals surface area contributed by atoms with Crippen molar-refractivity contribution in [3.63, 3.8) is 0 Å². The second kappa shape index (κ2) is 3.03. The molecule has 2 nitrogen and oxygen atoms in total. The Kier molecular flexibility index (Phi) is 1.87. The number of nitrogens with two attached hydrogens (primary N) is 2. The first-order chi connectivity index (χ1) is 6.25. The van der Waals surface area contributed by atoms with Gasteiger partial charge in [-0.1, -0.05) is 6.07 Å². The van der Waals surface area contributed by atoms with Gasteiger partial charge >= 0.3 is 0 Å². The fraction of sp³-hybridized carbons (Fsp3) is 0. The third kappa shape index (κ3) is 1.60. The summed E-state index contributed by atoms with van der Waals surface area (Å²) in [5.41, 5.74) is 7.37. The van der Waals surface area contributed by atoms with Gasteiger partial charge < -0.3 is 5.73 Å². The molecular formula is C10H10FN2+. The zero-order valence-corrected chi connectivity index (χ0v) is 7.00. The maximum absolute atomic E-state index is 12.8. The van der Waals surface area contributed by atoms with Crippen molar-refractivity contribution in [2.24, 2.45) is 5.73 Å². The molecule has 0 spiro atoms. The van der Waals surface area contributed by atoms with Gasteiger partial charge in [-0.05, 0) is 18.2 Å². The molecular weight excluding hydrogens is 167 g/mol. The Morgan fingerprint density at radius 2 is 2.08 bits per heavy atom. The molecule has 0 fully saturated rings. The molecule has 0 atom stereocenters. The van der Waals surface area contributed by atoms with Crippen molar-refractivity contribution in [2.75, 3.05) is 0 Å². The van der Waals surface area contributed by atoms with Gasteiger partial charge in [-0.25, -0.2) is 4.39 Å². The number of rotatable bonds is 1. The van der Waals surface area contributed by atoms with Gasteiger partial charge in [0.05, 0.1) is 0 Å². The van der Waals surface area contributed by atoms with Crippen LogP contribution < -0.4 is 11.1 Å². The maximum Gasteiger partial charge on any atom is 0.200 e. The molecule has 1 aromatic rings. The van der Waals surface area contributed by atoms with E-state index in [1.807, 2.05) is 17.5 Å². The zero-order chi connectivity index (χ0) is 9.26. The topological polar surface area (TPSA) is 42.6 Å². The van der Waals surface area contributed by atoms with E-state index in [0.717, 1.165) is 11.3 Å². The smallest absolute Gasteiger partial charge is 0.200 e. The van der Waals surface area contributed by atoms with Crippen molar-refractivity contribution in [1.82, 2.24) is 0 Å². The van der Waals surface area contributed by atoms with Crippen molar-refractivity contribution >= 4 is 5.70 Å². The van der Waals surface area contributed by atoms with Gasteiger partial charge in [-0.15, -0.1) is 0 Å². The van der Waals surface area contributed by atoms with E-state index in [-0.39, 0.29) is 5.82 Å². The summed E-state index contributed by atoms with van der Waals surface area (Å²) < 4.78 is 12.8. The SMILES string of the molecule is NC1=CC=C(c2cccc(F)c2)[NH2+]1. The first-order valence-electron chi connectivity index (χ1n) is 4.04. The maximum atomic E-state index is 12.8. The van der Waals surface area contributed by atoms with Crippen LogP contribution in [0.25, 0.3) is 5.70 Å². The number of hydrogen-bond acceptors (Lipinski definition) is 1. The molecule has 1 aliphatic heterocycles. The molecule has 1 aromatic carbocycles. The van der Waals surface area contributed by atoms with Crippen LogP contribution in [0.1, 0.15) is 5.56 Å². The molecule has 0 aliphatic carbocycles. The summed E-state index contributed by atoms with van der Waals surface area (Å²) in [5, 5.41) is 1.83. The molecule has 0 unspecified atom stereocenters. The van der Waals surface area contributed by atoms with Crippen LogP contribution in [0.5, 0.6) is 0 Å². The molecule has 13 heavy (non-hydrogen) atoms. The van der Waals surface area contributed by atoms with Gasteiger partial charge in [-0.2, -0.15) is 0 Å². The molecule has 1 aliphatic rings. The largest absolute Gasteiger partial charge is 0.355 e. The Hall–Kier alpha value is -1.61. The minimum absolute atomic E-state index is 0.225. The van der Waals surface area contributed by atoms with E-state index in [9.17, 15) is 4.39 Å².